The lowest BCUT2D eigenvalue weighted by Crippen LogP contribution is -2.21. The Morgan fingerprint density at radius 1 is 1.07 bits per heavy atom. The van der Waals surface area contributed by atoms with Gasteiger partial charge < -0.3 is 0 Å². The minimum Gasteiger partial charge on any atom is -0.294 e. The Hall–Kier alpha value is -0.110. The van der Waals surface area contributed by atoms with E-state index in [2.05, 4.69) is 36.7 Å². The zero-order valence-corrected chi connectivity index (χ0v) is 11.7. The Morgan fingerprint density at radius 3 is 1.71 bits per heavy atom. The first-order valence-electron chi connectivity index (χ1n) is 4.90. The average Bonchev–Trinajstić information content (AvgIpc) is 1.95. The van der Waals surface area contributed by atoms with Crippen LogP contribution in [0.15, 0.2) is 11.6 Å². The molecule has 0 aromatic rings. The second-order valence-corrected chi connectivity index (χ2v) is 6.23. The molecule has 0 aliphatic carbocycles. The van der Waals surface area contributed by atoms with Crippen LogP contribution in [-0.2, 0) is 4.79 Å². The lowest BCUT2D eigenvalue weighted by molar-refractivity contribution is -0.121. The highest BCUT2D eigenvalue weighted by Crippen LogP contribution is 2.28. The molecule has 0 amide bonds. The van der Waals surface area contributed by atoms with Gasteiger partial charge in [0.05, 0.1) is 0 Å². The molecule has 0 unspecified atom stereocenters. The average molecular weight is 261 g/mol. The van der Waals surface area contributed by atoms with Gasteiger partial charge in [-0.25, -0.2) is 0 Å². The van der Waals surface area contributed by atoms with Crippen molar-refractivity contribution < 1.29 is 4.79 Å². The molecule has 0 atom stereocenters. The van der Waals surface area contributed by atoms with Crippen LogP contribution in [0.2, 0.25) is 0 Å². The third kappa shape index (κ3) is 4.41. The van der Waals surface area contributed by atoms with Gasteiger partial charge in [-0.05, 0) is 11.5 Å². The van der Waals surface area contributed by atoms with Crippen molar-refractivity contribution in [3.05, 3.63) is 11.6 Å². The summed E-state index contributed by atoms with van der Waals surface area (Å²) in [6.07, 6.45) is 1.79. The molecular formula is C12H21BrO. The molecule has 0 aromatic carbocycles. The first-order chi connectivity index (χ1) is 6.09. The number of allylic oxidation sites excluding steroid dienone is 2. The zero-order valence-electron chi connectivity index (χ0n) is 10.1. The highest BCUT2D eigenvalue weighted by atomic mass is 79.9. The summed E-state index contributed by atoms with van der Waals surface area (Å²) in [5.74, 6) is 0.196. The fraction of sp³-hybridized carbons (Fsp3) is 0.750. The van der Waals surface area contributed by atoms with Crippen molar-refractivity contribution in [2.24, 2.45) is 10.8 Å². The molecule has 0 saturated carbocycles. The van der Waals surface area contributed by atoms with E-state index in [1.165, 1.54) is 0 Å². The third-order valence-electron chi connectivity index (χ3n) is 2.15. The van der Waals surface area contributed by atoms with E-state index in [0.717, 1.165) is 10.9 Å². The van der Waals surface area contributed by atoms with Crippen molar-refractivity contribution in [3.63, 3.8) is 0 Å². The molecule has 0 aliphatic heterocycles. The zero-order chi connectivity index (χ0) is 11.6. The SMILES string of the molecule is CC(C)(C)C(=O)/C=C(\CBr)C(C)(C)C. The van der Waals surface area contributed by atoms with Gasteiger partial charge >= 0.3 is 0 Å². The van der Waals surface area contributed by atoms with Crippen molar-refractivity contribution in [2.75, 3.05) is 5.33 Å². The summed E-state index contributed by atoms with van der Waals surface area (Å²) in [7, 11) is 0. The molecule has 14 heavy (non-hydrogen) atoms. The maximum atomic E-state index is 11.8. The van der Waals surface area contributed by atoms with Gasteiger partial charge in [-0.15, -0.1) is 0 Å². The van der Waals surface area contributed by atoms with E-state index < -0.39 is 0 Å². The number of hydrogen-bond donors (Lipinski definition) is 0. The largest absolute Gasteiger partial charge is 0.294 e. The van der Waals surface area contributed by atoms with Gasteiger partial charge in [0.2, 0.25) is 0 Å². The number of rotatable bonds is 2. The van der Waals surface area contributed by atoms with Crippen LogP contribution in [0.5, 0.6) is 0 Å². The third-order valence-corrected chi connectivity index (χ3v) is 2.76. The lowest BCUT2D eigenvalue weighted by Gasteiger charge is -2.23. The molecule has 0 spiro atoms. The van der Waals surface area contributed by atoms with Crippen molar-refractivity contribution in [2.45, 2.75) is 41.5 Å². The maximum Gasteiger partial charge on any atom is 0.160 e. The number of carbonyl (C=O) groups is 1. The highest BCUT2D eigenvalue weighted by Gasteiger charge is 2.23. The van der Waals surface area contributed by atoms with Crippen LogP contribution in [0.1, 0.15) is 41.5 Å². The lowest BCUT2D eigenvalue weighted by atomic mass is 9.83. The van der Waals surface area contributed by atoms with E-state index in [1.807, 2.05) is 20.8 Å². The molecular weight excluding hydrogens is 240 g/mol. The Balaban J connectivity index is 4.89. The van der Waals surface area contributed by atoms with Crippen molar-refractivity contribution in [1.82, 2.24) is 0 Å². The maximum absolute atomic E-state index is 11.8. The van der Waals surface area contributed by atoms with E-state index in [4.69, 9.17) is 0 Å². The minimum atomic E-state index is -0.279. The number of halogens is 1. The van der Waals surface area contributed by atoms with E-state index in [0.29, 0.717) is 0 Å². The minimum absolute atomic E-state index is 0.0599. The molecule has 0 fully saturated rings. The van der Waals surface area contributed by atoms with Gasteiger partial charge in [0.25, 0.3) is 0 Å². The normalized spacial score (nSPS) is 14.4. The summed E-state index contributed by atoms with van der Waals surface area (Å²) in [4.78, 5) is 11.8. The van der Waals surface area contributed by atoms with Crippen LogP contribution < -0.4 is 0 Å². The van der Waals surface area contributed by atoms with E-state index in [-0.39, 0.29) is 16.6 Å². The van der Waals surface area contributed by atoms with Crippen LogP contribution in [0, 0.1) is 10.8 Å². The predicted molar refractivity (Wildman–Crippen MR) is 65.8 cm³/mol. The van der Waals surface area contributed by atoms with Crippen molar-refractivity contribution >= 4 is 21.7 Å². The van der Waals surface area contributed by atoms with E-state index in [1.54, 1.807) is 6.08 Å². The van der Waals surface area contributed by atoms with Crippen molar-refractivity contribution in [3.8, 4) is 0 Å². The topological polar surface area (TPSA) is 17.1 Å². The van der Waals surface area contributed by atoms with Crippen LogP contribution >= 0.6 is 15.9 Å². The smallest absolute Gasteiger partial charge is 0.160 e. The molecule has 0 rings (SSSR count). The molecule has 82 valence electrons. The Kier molecular flexibility index (Phi) is 4.57. The van der Waals surface area contributed by atoms with Gasteiger partial charge in [-0.3, -0.25) is 4.79 Å². The Bertz CT molecular complexity index is 238. The quantitative estimate of drug-likeness (QED) is 0.543. The fourth-order valence-electron chi connectivity index (χ4n) is 0.830. The van der Waals surface area contributed by atoms with Gasteiger partial charge in [0.15, 0.2) is 5.78 Å². The molecule has 2 heteroatoms. The standard InChI is InChI=1S/C12H21BrO/c1-11(2,3)9(8-13)7-10(14)12(4,5)6/h7H,8H2,1-6H3/b9-7+. The monoisotopic (exact) mass is 260 g/mol. The first-order valence-corrected chi connectivity index (χ1v) is 6.02. The molecule has 0 bridgehead atoms. The van der Waals surface area contributed by atoms with Crippen LogP contribution in [-0.4, -0.2) is 11.1 Å². The predicted octanol–water partition coefficient (Wildman–Crippen LogP) is 3.97. The van der Waals surface area contributed by atoms with Crippen LogP contribution in [0.3, 0.4) is 0 Å². The van der Waals surface area contributed by atoms with E-state index in [9.17, 15) is 4.79 Å². The number of ketones is 1. The fourth-order valence-corrected chi connectivity index (χ4v) is 1.83. The summed E-state index contributed by atoms with van der Waals surface area (Å²) >= 11 is 3.43. The highest BCUT2D eigenvalue weighted by molar-refractivity contribution is 9.09. The number of hydrogen-bond acceptors (Lipinski definition) is 1. The summed E-state index contributed by atoms with van der Waals surface area (Å²) in [5.41, 5.74) is 0.931. The molecule has 1 nitrogen and oxygen atoms in total. The summed E-state index contributed by atoms with van der Waals surface area (Å²) < 4.78 is 0. The molecule has 0 N–H and O–H groups in total. The van der Waals surface area contributed by atoms with Crippen LogP contribution in [0.25, 0.3) is 0 Å². The van der Waals surface area contributed by atoms with Gasteiger partial charge in [0, 0.05) is 10.7 Å². The number of carbonyl (C=O) groups excluding carboxylic acids is 1. The molecule has 0 heterocycles. The Labute approximate surface area is 96.1 Å². The van der Waals surface area contributed by atoms with E-state index >= 15 is 0 Å². The second kappa shape index (κ2) is 4.61. The van der Waals surface area contributed by atoms with Crippen LogP contribution in [0.4, 0.5) is 0 Å². The van der Waals surface area contributed by atoms with Crippen molar-refractivity contribution in [1.29, 1.82) is 0 Å². The molecule has 0 saturated heterocycles. The van der Waals surface area contributed by atoms with Gasteiger partial charge in [-0.1, -0.05) is 63.0 Å². The van der Waals surface area contributed by atoms with Gasteiger partial charge in [0.1, 0.15) is 0 Å². The molecule has 0 aliphatic rings. The first kappa shape index (κ1) is 13.9. The summed E-state index contributed by atoms with van der Waals surface area (Å²) in [6.45, 7) is 12.2. The Morgan fingerprint density at radius 2 is 1.50 bits per heavy atom. The second-order valence-electron chi connectivity index (χ2n) is 5.67. The molecule has 0 radical (unpaired) electrons. The summed E-state index contributed by atoms with van der Waals surface area (Å²) in [5, 5.41) is 0.762. The summed E-state index contributed by atoms with van der Waals surface area (Å²) in [6, 6.07) is 0. The molecule has 0 aromatic heterocycles. The number of alkyl halides is 1. The van der Waals surface area contributed by atoms with Gasteiger partial charge in [-0.2, -0.15) is 0 Å².